The molecule has 0 aliphatic rings. The van der Waals surface area contributed by atoms with E-state index >= 15 is 0 Å². The van der Waals surface area contributed by atoms with E-state index in [-0.39, 0.29) is 5.91 Å². The lowest BCUT2D eigenvalue weighted by atomic mass is 10.1. The van der Waals surface area contributed by atoms with E-state index in [1.54, 1.807) is 12.4 Å². The molecule has 0 saturated carbocycles. The fraction of sp³-hybridized carbons (Fsp3) is 0.0385. The first-order valence-corrected chi connectivity index (χ1v) is 10.9. The van der Waals surface area contributed by atoms with Crippen LogP contribution in [0.5, 0.6) is 0 Å². The lowest BCUT2D eigenvalue weighted by molar-refractivity contribution is 0.102. The fourth-order valence-corrected chi connectivity index (χ4v) is 3.94. The second kappa shape index (κ2) is 9.10. The minimum absolute atomic E-state index is 0.219. The number of hydrogen-bond donors (Lipinski definition) is 2. The van der Waals surface area contributed by atoms with E-state index in [1.807, 2.05) is 100 Å². The van der Waals surface area contributed by atoms with E-state index in [2.05, 4.69) is 10.3 Å². The van der Waals surface area contributed by atoms with Crippen LogP contribution in [-0.4, -0.2) is 25.2 Å². The lowest BCUT2D eigenvalue weighted by Crippen LogP contribution is -2.12. The smallest absolute Gasteiger partial charge is 0.259 e. The molecule has 2 N–H and O–H groups in total. The summed E-state index contributed by atoms with van der Waals surface area (Å²) in [6, 6.07) is 27.4. The molecular formula is C26H21N5OS. The van der Waals surface area contributed by atoms with Crippen molar-refractivity contribution >= 4 is 23.8 Å². The van der Waals surface area contributed by atoms with Crippen LogP contribution in [0.1, 0.15) is 15.9 Å². The van der Waals surface area contributed by atoms with Crippen molar-refractivity contribution in [2.45, 2.75) is 6.54 Å². The Balaban J connectivity index is 1.47. The van der Waals surface area contributed by atoms with E-state index in [0.29, 0.717) is 28.3 Å². The molecule has 6 nitrogen and oxygen atoms in total. The van der Waals surface area contributed by atoms with Gasteiger partial charge in [-0.15, -0.1) is 0 Å². The Morgan fingerprint density at radius 2 is 1.73 bits per heavy atom. The van der Waals surface area contributed by atoms with Crippen LogP contribution in [0, 0.1) is 4.77 Å². The number of aromatic amines is 1. The van der Waals surface area contributed by atoms with Crippen molar-refractivity contribution < 1.29 is 4.79 Å². The minimum atomic E-state index is -0.219. The number of rotatable bonds is 6. The first kappa shape index (κ1) is 20.7. The Kier molecular flexibility index (Phi) is 5.70. The molecule has 0 aliphatic carbocycles. The Labute approximate surface area is 196 Å². The van der Waals surface area contributed by atoms with E-state index in [4.69, 9.17) is 17.3 Å². The summed E-state index contributed by atoms with van der Waals surface area (Å²) in [5.41, 5.74) is 4.70. The molecule has 0 aliphatic heterocycles. The first-order chi connectivity index (χ1) is 16.2. The summed E-state index contributed by atoms with van der Waals surface area (Å²) < 4.78 is 4.24. The number of hydrogen-bond acceptors (Lipinski definition) is 3. The van der Waals surface area contributed by atoms with Gasteiger partial charge in [-0.2, -0.15) is 5.10 Å². The summed E-state index contributed by atoms with van der Waals surface area (Å²) in [7, 11) is 0. The second-order valence-corrected chi connectivity index (χ2v) is 7.97. The molecule has 0 unspecified atom stereocenters. The van der Waals surface area contributed by atoms with Crippen LogP contribution in [0.25, 0.3) is 16.9 Å². The molecule has 1 amide bonds. The molecule has 3 aromatic carbocycles. The highest BCUT2D eigenvalue weighted by Crippen LogP contribution is 2.24. The summed E-state index contributed by atoms with van der Waals surface area (Å²) >= 11 is 5.31. The molecule has 7 heteroatoms. The molecule has 2 heterocycles. The van der Waals surface area contributed by atoms with E-state index < -0.39 is 0 Å². The zero-order valence-corrected chi connectivity index (χ0v) is 18.5. The third-order valence-corrected chi connectivity index (χ3v) is 5.59. The Morgan fingerprint density at radius 1 is 0.970 bits per heavy atom. The van der Waals surface area contributed by atoms with Crippen LogP contribution < -0.4 is 5.32 Å². The molecule has 0 radical (unpaired) electrons. The number of nitrogens with zero attached hydrogens (tertiary/aromatic N) is 3. The molecular weight excluding hydrogens is 430 g/mol. The highest BCUT2D eigenvalue weighted by molar-refractivity contribution is 7.71. The number of amides is 1. The van der Waals surface area contributed by atoms with Crippen LogP contribution >= 0.6 is 12.2 Å². The van der Waals surface area contributed by atoms with E-state index in [0.717, 1.165) is 16.8 Å². The maximum atomic E-state index is 13.3. The molecule has 5 aromatic rings. The molecule has 0 atom stereocenters. The minimum Gasteiger partial charge on any atom is -0.337 e. The third-order valence-electron chi connectivity index (χ3n) is 5.27. The van der Waals surface area contributed by atoms with Crippen LogP contribution in [0.3, 0.4) is 0 Å². The van der Waals surface area contributed by atoms with Gasteiger partial charge in [-0.3, -0.25) is 14.0 Å². The van der Waals surface area contributed by atoms with E-state index in [1.165, 1.54) is 0 Å². The van der Waals surface area contributed by atoms with Gasteiger partial charge in [-0.25, -0.2) is 0 Å². The Morgan fingerprint density at radius 3 is 2.45 bits per heavy atom. The Bertz CT molecular complexity index is 1450. The number of benzene rings is 3. The highest BCUT2D eigenvalue weighted by atomic mass is 32.1. The Hall–Kier alpha value is -4.23. The van der Waals surface area contributed by atoms with Crippen molar-refractivity contribution in [3.8, 4) is 16.9 Å². The maximum Gasteiger partial charge on any atom is 0.259 e. The number of nitrogens with one attached hydrogen (secondary N) is 2. The summed E-state index contributed by atoms with van der Waals surface area (Å²) in [6.45, 7) is 0.579. The van der Waals surface area contributed by atoms with Crippen molar-refractivity contribution in [1.29, 1.82) is 0 Å². The standard InChI is InChI=1S/C26H21N5OS/c32-25(28-21-12-7-13-22(16-21)31-15-14-27-26(31)33)23-18-30(17-19-8-3-1-4-9-19)29-24(23)20-10-5-2-6-11-20/h1-16,18H,17H2,(H,27,33)(H,28,32). The normalized spacial score (nSPS) is 10.8. The number of carbonyl (C=O) groups is 1. The van der Waals surface area contributed by atoms with Crippen LogP contribution in [-0.2, 0) is 6.54 Å². The molecule has 33 heavy (non-hydrogen) atoms. The van der Waals surface area contributed by atoms with Gasteiger partial charge in [0.15, 0.2) is 4.77 Å². The number of anilines is 1. The quantitative estimate of drug-likeness (QED) is 0.326. The average molecular weight is 452 g/mol. The molecule has 162 valence electrons. The van der Waals surface area contributed by atoms with Crippen molar-refractivity contribution in [1.82, 2.24) is 19.3 Å². The average Bonchev–Trinajstić information content (AvgIpc) is 3.47. The summed E-state index contributed by atoms with van der Waals surface area (Å²) in [4.78, 5) is 16.3. The van der Waals surface area contributed by atoms with Gasteiger partial charge in [0.2, 0.25) is 0 Å². The van der Waals surface area contributed by atoms with Gasteiger partial charge in [-0.1, -0.05) is 66.7 Å². The van der Waals surface area contributed by atoms with Crippen LogP contribution in [0.2, 0.25) is 0 Å². The monoisotopic (exact) mass is 451 g/mol. The molecule has 5 rings (SSSR count). The summed E-state index contributed by atoms with van der Waals surface area (Å²) in [5, 5.41) is 7.76. The van der Waals surface area contributed by atoms with Crippen molar-refractivity contribution in [3.63, 3.8) is 0 Å². The largest absolute Gasteiger partial charge is 0.337 e. The van der Waals surface area contributed by atoms with E-state index in [9.17, 15) is 4.79 Å². The van der Waals surface area contributed by atoms with Gasteiger partial charge in [0.05, 0.1) is 12.1 Å². The third kappa shape index (κ3) is 4.53. The van der Waals surface area contributed by atoms with Gasteiger partial charge < -0.3 is 10.3 Å². The SMILES string of the molecule is O=C(Nc1cccc(-n2cc[nH]c2=S)c1)c1cn(Cc2ccccc2)nc1-c1ccccc1. The summed E-state index contributed by atoms with van der Waals surface area (Å²) in [6.07, 6.45) is 5.43. The number of aromatic nitrogens is 4. The predicted octanol–water partition coefficient (Wildman–Crippen LogP) is 5.70. The molecule has 0 saturated heterocycles. The van der Waals surface area contributed by atoms with Crippen molar-refractivity contribution in [3.05, 3.63) is 119 Å². The van der Waals surface area contributed by atoms with Crippen LogP contribution in [0.4, 0.5) is 5.69 Å². The number of imidazole rings is 1. The van der Waals surface area contributed by atoms with Crippen LogP contribution in [0.15, 0.2) is 104 Å². The van der Waals surface area contributed by atoms with Crippen molar-refractivity contribution in [2.75, 3.05) is 5.32 Å². The van der Waals surface area contributed by atoms with Crippen molar-refractivity contribution in [2.24, 2.45) is 0 Å². The number of carbonyl (C=O) groups excluding carboxylic acids is 1. The molecule has 0 bridgehead atoms. The molecule has 2 aromatic heterocycles. The zero-order valence-electron chi connectivity index (χ0n) is 17.7. The van der Waals surface area contributed by atoms with Gasteiger partial charge in [0, 0.05) is 35.5 Å². The zero-order chi connectivity index (χ0) is 22.6. The first-order valence-electron chi connectivity index (χ1n) is 10.5. The highest BCUT2D eigenvalue weighted by Gasteiger charge is 2.18. The topological polar surface area (TPSA) is 67.6 Å². The van der Waals surface area contributed by atoms with Gasteiger partial charge in [-0.05, 0) is 36.0 Å². The van der Waals surface area contributed by atoms with Gasteiger partial charge in [0.25, 0.3) is 5.91 Å². The maximum absolute atomic E-state index is 13.3. The second-order valence-electron chi connectivity index (χ2n) is 7.58. The number of H-pyrrole nitrogens is 1. The molecule has 0 fully saturated rings. The molecule has 0 spiro atoms. The van der Waals surface area contributed by atoms with Gasteiger partial charge >= 0.3 is 0 Å². The van der Waals surface area contributed by atoms with Gasteiger partial charge in [0.1, 0.15) is 5.69 Å². The predicted molar refractivity (Wildman–Crippen MR) is 132 cm³/mol. The summed E-state index contributed by atoms with van der Waals surface area (Å²) in [5.74, 6) is -0.219. The fourth-order valence-electron chi connectivity index (χ4n) is 3.70. The lowest BCUT2D eigenvalue weighted by Gasteiger charge is -2.08.